The summed E-state index contributed by atoms with van der Waals surface area (Å²) < 4.78 is 118. The van der Waals surface area contributed by atoms with E-state index in [-0.39, 0.29) is 5.75 Å². The van der Waals surface area contributed by atoms with Crippen LogP contribution in [-0.4, -0.2) is 6.36 Å². The van der Waals surface area contributed by atoms with Gasteiger partial charge in [0.2, 0.25) is 0 Å². The van der Waals surface area contributed by atoms with Crippen LogP contribution in [0.2, 0.25) is 0 Å². The second-order valence-corrected chi connectivity index (χ2v) is 21.3. The van der Waals surface area contributed by atoms with Crippen molar-refractivity contribution in [2.24, 2.45) is 17.8 Å². The summed E-state index contributed by atoms with van der Waals surface area (Å²) in [6.07, 6.45) is 14.2. The summed E-state index contributed by atoms with van der Waals surface area (Å²) in [4.78, 5) is 0. The van der Waals surface area contributed by atoms with Crippen molar-refractivity contribution in [3.05, 3.63) is 173 Å². The fraction of sp³-hybridized carbons (Fsp3) is 0.446. The van der Waals surface area contributed by atoms with Gasteiger partial charge in [0.25, 0.3) is 0 Å². The highest BCUT2D eigenvalue weighted by atomic mass is 19.4. The summed E-state index contributed by atoms with van der Waals surface area (Å²) in [5, 5.41) is 0. The lowest BCUT2D eigenvalue weighted by molar-refractivity contribution is -0.274. The first kappa shape index (κ1) is 57.2. The molecular weight excluding hydrogens is 968 g/mol. The molecule has 0 amide bonds. The van der Waals surface area contributed by atoms with E-state index in [1.54, 1.807) is 24.3 Å². The molecule has 0 saturated heterocycles. The van der Waals surface area contributed by atoms with Crippen molar-refractivity contribution in [3.63, 3.8) is 0 Å². The fourth-order valence-electron chi connectivity index (χ4n) is 11.8. The standard InChI is InChI=1S/C22H25F3O.C22H25F3.C21H23F3/c1-2-3-16-4-6-17(7-5-16)18-8-10-19(11-9-18)20-12-14-21(15-13-20)26-22(23,24)25;1-2-3-16-4-6-17(7-5-16)18-8-10-19(11-9-18)20-12-14-21(15-13-20)22(23,24)25;1-2-3-14-4-6-15(7-5-14)16-8-10-17(11-9-16)18-12-19(22)21(24)20(23)13-18/h8-17H,2-7H2,1H3;8-17H,2-7H2,1H3;8-15H,2-7H2,1H3. The van der Waals surface area contributed by atoms with Crippen LogP contribution in [-0.2, 0) is 6.18 Å². The molecule has 0 heterocycles. The summed E-state index contributed by atoms with van der Waals surface area (Å²) in [5.74, 6) is 0.604. The van der Waals surface area contributed by atoms with Gasteiger partial charge in [-0.05, 0) is 199 Å². The van der Waals surface area contributed by atoms with Crippen molar-refractivity contribution >= 4 is 0 Å². The molecule has 0 aliphatic heterocycles. The summed E-state index contributed by atoms with van der Waals surface area (Å²) in [6, 6.07) is 38.2. The Kier molecular flexibility index (Phi) is 20.6. The van der Waals surface area contributed by atoms with Crippen molar-refractivity contribution in [2.75, 3.05) is 0 Å². The maximum absolute atomic E-state index is 13.4. The van der Waals surface area contributed by atoms with Gasteiger partial charge < -0.3 is 4.74 Å². The van der Waals surface area contributed by atoms with Crippen LogP contribution in [0, 0.1) is 35.2 Å². The van der Waals surface area contributed by atoms with Gasteiger partial charge in [-0.25, -0.2) is 13.2 Å². The van der Waals surface area contributed by atoms with Crippen molar-refractivity contribution in [1.29, 1.82) is 0 Å². The van der Waals surface area contributed by atoms with Gasteiger partial charge in [0, 0.05) is 0 Å². The molecule has 0 bridgehead atoms. The molecule has 3 aliphatic carbocycles. The van der Waals surface area contributed by atoms with Gasteiger partial charge in [-0.1, -0.05) is 156 Å². The molecule has 3 aliphatic rings. The molecule has 10 heteroatoms. The maximum Gasteiger partial charge on any atom is 0.573 e. The van der Waals surface area contributed by atoms with Crippen LogP contribution in [0.4, 0.5) is 39.5 Å². The second kappa shape index (κ2) is 27.0. The van der Waals surface area contributed by atoms with Crippen molar-refractivity contribution in [1.82, 2.24) is 0 Å². The third-order valence-electron chi connectivity index (χ3n) is 16.1. The van der Waals surface area contributed by atoms with E-state index >= 15 is 0 Å². The van der Waals surface area contributed by atoms with Gasteiger partial charge in [-0.15, -0.1) is 13.2 Å². The first-order valence-corrected chi connectivity index (χ1v) is 27.5. The van der Waals surface area contributed by atoms with E-state index < -0.39 is 35.6 Å². The Hall–Kier alpha value is -5.51. The summed E-state index contributed by atoms with van der Waals surface area (Å²) in [7, 11) is 0. The Labute approximate surface area is 439 Å². The van der Waals surface area contributed by atoms with Crippen LogP contribution in [0.1, 0.15) is 176 Å². The zero-order chi connectivity index (χ0) is 53.5. The van der Waals surface area contributed by atoms with Crippen molar-refractivity contribution in [2.45, 2.75) is 167 Å². The molecule has 6 aromatic rings. The van der Waals surface area contributed by atoms with Crippen LogP contribution in [0.15, 0.2) is 133 Å². The van der Waals surface area contributed by atoms with Crippen molar-refractivity contribution < 1.29 is 44.3 Å². The summed E-state index contributed by atoms with van der Waals surface area (Å²) >= 11 is 0. The average Bonchev–Trinajstić information content (AvgIpc) is 3.41. The van der Waals surface area contributed by atoms with E-state index in [4.69, 9.17) is 0 Å². The van der Waals surface area contributed by atoms with E-state index in [0.29, 0.717) is 28.9 Å². The zero-order valence-corrected chi connectivity index (χ0v) is 43.7. The van der Waals surface area contributed by atoms with Gasteiger partial charge in [-0.2, -0.15) is 13.2 Å². The van der Waals surface area contributed by atoms with Crippen LogP contribution >= 0.6 is 0 Å². The normalized spacial score (nSPS) is 21.0. The van der Waals surface area contributed by atoms with Crippen LogP contribution in [0.5, 0.6) is 5.75 Å². The smallest absolute Gasteiger partial charge is 0.406 e. The molecule has 6 aromatic carbocycles. The highest BCUT2D eigenvalue weighted by molar-refractivity contribution is 5.66. The first-order valence-electron chi connectivity index (χ1n) is 27.5. The number of hydrogen-bond donors (Lipinski definition) is 0. The minimum atomic E-state index is -4.65. The molecule has 0 aromatic heterocycles. The molecule has 0 atom stereocenters. The van der Waals surface area contributed by atoms with E-state index in [0.717, 1.165) is 64.3 Å². The number of halogens is 9. The lowest BCUT2D eigenvalue weighted by Crippen LogP contribution is -2.16. The molecule has 0 spiro atoms. The largest absolute Gasteiger partial charge is 0.573 e. The summed E-state index contributed by atoms with van der Waals surface area (Å²) in [6.45, 7) is 6.75. The van der Waals surface area contributed by atoms with Crippen LogP contribution in [0.3, 0.4) is 0 Å². The number of hydrogen-bond acceptors (Lipinski definition) is 1. The fourth-order valence-corrected chi connectivity index (χ4v) is 11.8. The number of ether oxygens (including phenoxy) is 1. The van der Waals surface area contributed by atoms with Crippen LogP contribution < -0.4 is 4.74 Å². The topological polar surface area (TPSA) is 9.23 Å². The Morgan fingerprint density at radius 1 is 0.373 bits per heavy atom. The predicted octanol–water partition coefficient (Wildman–Crippen LogP) is 21.6. The maximum atomic E-state index is 13.4. The number of benzene rings is 6. The zero-order valence-electron chi connectivity index (χ0n) is 43.7. The van der Waals surface area contributed by atoms with E-state index in [9.17, 15) is 39.5 Å². The Morgan fingerprint density at radius 3 is 0.933 bits per heavy atom. The molecule has 0 N–H and O–H groups in total. The van der Waals surface area contributed by atoms with E-state index in [1.807, 2.05) is 36.4 Å². The monoisotopic (exact) mass is 1040 g/mol. The minimum absolute atomic E-state index is 0.193. The van der Waals surface area contributed by atoms with Crippen molar-refractivity contribution in [3.8, 4) is 39.1 Å². The number of alkyl halides is 6. The molecule has 9 rings (SSSR count). The lowest BCUT2D eigenvalue weighted by atomic mass is 9.77. The lowest BCUT2D eigenvalue weighted by Gasteiger charge is -2.28. The second-order valence-electron chi connectivity index (χ2n) is 21.3. The van der Waals surface area contributed by atoms with E-state index in [2.05, 4.69) is 61.9 Å². The number of rotatable bonds is 13. The van der Waals surface area contributed by atoms with Crippen LogP contribution in [0.25, 0.3) is 33.4 Å². The molecular formula is C65H73F9O. The van der Waals surface area contributed by atoms with E-state index in [1.165, 1.54) is 144 Å². The third-order valence-corrected chi connectivity index (χ3v) is 16.1. The highest BCUT2D eigenvalue weighted by Gasteiger charge is 2.32. The average molecular weight is 1040 g/mol. The van der Waals surface area contributed by atoms with Gasteiger partial charge in [0.15, 0.2) is 17.5 Å². The molecule has 0 unspecified atom stereocenters. The Balaban J connectivity index is 0.000000164. The highest BCUT2D eigenvalue weighted by Crippen LogP contribution is 2.41. The first-order chi connectivity index (χ1) is 36.0. The molecule has 1 nitrogen and oxygen atoms in total. The minimum Gasteiger partial charge on any atom is -0.406 e. The van der Waals surface area contributed by atoms with Gasteiger partial charge in [-0.3, -0.25) is 0 Å². The Morgan fingerprint density at radius 2 is 0.653 bits per heavy atom. The van der Waals surface area contributed by atoms with Gasteiger partial charge in [0.1, 0.15) is 5.75 Å². The van der Waals surface area contributed by atoms with Gasteiger partial charge in [0.05, 0.1) is 5.56 Å². The molecule has 402 valence electrons. The predicted molar refractivity (Wildman–Crippen MR) is 286 cm³/mol. The Bertz CT molecular complexity index is 2590. The molecule has 0 radical (unpaired) electrons. The van der Waals surface area contributed by atoms with Gasteiger partial charge >= 0.3 is 12.5 Å². The third kappa shape index (κ3) is 16.7. The summed E-state index contributed by atoms with van der Waals surface area (Å²) in [5.41, 5.74) is 8.19. The molecule has 3 fully saturated rings. The SMILES string of the molecule is CCCC1CCC(c2ccc(-c3cc(F)c(F)c(F)c3)cc2)CC1.CCCC1CCC(c2ccc(-c3ccc(C(F)(F)F)cc3)cc2)CC1.CCCC1CCC(c2ccc(-c3ccc(OC(F)(F)F)cc3)cc2)CC1. The molecule has 3 saturated carbocycles. The molecule has 75 heavy (non-hydrogen) atoms. The quantitative estimate of drug-likeness (QED) is 0.0827.